The molecule has 1 saturated heterocycles. The highest BCUT2D eigenvalue weighted by atomic mass is 16.5. The smallest absolute Gasteiger partial charge is 0.161 e. The first kappa shape index (κ1) is 15.1. The van der Waals surface area contributed by atoms with Crippen LogP contribution >= 0.6 is 0 Å². The second-order valence-electron chi connectivity index (χ2n) is 5.67. The maximum absolute atomic E-state index is 6.08. The normalized spacial score (nSPS) is 23.0. The van der Waals surface area contributed by atoms with Gasteiger partial charge in [-0.2, -0.15) is 0 Å². The molecule has 0 spiro atoms. The van der Waals surface area contributed by atoms with Gasteiger partial charge in [0.25, 0.3) is 0 Å². The molecule has 112 valence electrons. The number of rotatable bonds is 6. The lowest BCUT2D eigenvalue weighted by atomic mass is 10.1. The molecule has 1 aromatic rings. The molecule has 0 saturated carbocycles. The minimum atomic E-state index is 0.295. The predicted octanol–water partition coefficient (Wildman–Crippen LogP) is 2.26. The summed E-state index contributed by atoms with van der Waals surface area (Å²) in [5, 5.41) is 0. The predicted molar refractivity (Wildman–Crippen MR) is 81.2 cm³/mol. The fourth-order valence-corrected chi connectivity index (χ4v) is 2.63. The molecule has 4 nitrogen and oxygen atoms in total. The van der Waals surface area contributed by atoms with E-state index in [0.717, 1.165) is 37.6 Å². The summed E-state index contributed by atoms with van der Waals surface area (Å²) >= 11 is 0. The maximum Gasteiger partial charge on any atom is 0.161 e. The lowest BCUT2D eigenvalue weighted by Gasteiger charge is -2.17. The summed E-state index contributed by atoms with van der Waals surface area (Å²) in [6, 6.07) is 6.47. The van der Waals surface area contributed by atoms with Crippen LogP contribution in [0.25, 0.3) is 0 Å². The van der Waals surface area contributed by atoms with Crippen molar-refractivity contribution < 1.29 is 9.47 Å². The van der Waals surface area contributed by atoms with E-state index < -0.39 is 0 Å². The Morgan fingerprint density at radius 1 is 1.30 bits per heavy atom. The molecule has 1 aliphatic rings. The van der Waals surface area contributed by atoms with Gasteiger partial charge in [-0.1, -0.05) is 19.9 Å². The minimum Gasteiger partial charge on any atom is -0.493 e. The highest BCUT2D eigenvalue weighted by Crippen LogP contribution is 2.29. The summed E-state index contributed by atoms with van der Waals surface area (Å²) in [4.78, 5) is 2.40. The van der Waals surface area contributed by atoms with E-state index in [9.17, 15) is 0 Å². The van der Waals surface area contributed by atoms with Gasteiger partial charge in [0.15, 0.2) is 11.5 Å². The molecule has 0 amide bonds. The van der Waals surface area contributed by atoms with Gasteiger partial charge in [0, 0.05) is 25.7 Å². The number of hydrogen-bond acceptors (Lipinski definition) is 4. The van der Waals surface area contributed by atoms with Gasteiger partial charge in [-0.05, 0) is 30.0 Å². The summed E-state index contributed by atoms with van der Waals surface area (Å²) < 4.78 is 11.1. The van der Waals surface area contributed by atoms with Crippen molar-refractivity contribution in [3.05, 3.63) is 23.8 Å². The van der Waals surface area contributed by atoms with Gasteiger partial charge in [-0.25, -0.2) is 0 Å². The van der Waals surface area contributed by atoms with Crippen molar-refractivity contribution in [3.63, 3.8) is 0 Å². The molecule has 2 N–H and O–H groups in total. The van der Waals surface area contributed by atoms with Crippen molar-refractivity contribution >= 4 is 0 Å². The highest BCUT2D eigenvalue weighted by Gasteiger charge is 2.26. The first-order valence-electron chi connectivity index (χ1n) is 7.41. The molecule has 1 fully saturated rings. The molecule has 0 bridgehead atoms. The average molecular weight is 278 g/mol. The Labute approximate surface area is 121 Å². The minimum absolute atomic E-state index is 0.295. The van der Waals surface area contributed by atoms with E-state index in [2.05, 4.69) is 30.9 Å². The molecule has 0 aromatic heterocycles. The molecular weight excluding hydrogens is 252 g/mol. The second kappa shape index (κ2) is 6.95. The number of likely N-dealkylation sites (tertiary alicyclic amines) is 1. The van der Waals surface area contributed by atoms with E-state index in [4.69, 9.17) is 15.2 Å². The number of hydrogen-bond donors (Lipinski definition) is 1. The Morgan fingerprint density at radius 2 is 2.10 bits per heavy atom. The molecule has 4 heteroatoms. The Hall–Kier alpha value is -1.26. The van der Waals surface area contributed by atoms with Crippen LogP contribution in [0.1, 0.15) is 25.8 Å². The van der Waals surface area contributed by atoms with Crippen LogP contribution in [0.3, 0.4) is 0 Å². The highest BCUT2D eigenvalue weighted by molar-refractivity contribution is 5.43. The van der Waals surface area contributed by atoms with Crippen LogP contribution in [0.4, 0.5) is 0 Å². The van der Waals surface area contributed by atoms with E-state index >= 15 is 0 Å². The fraction of sp³-hybridized carbons (Fsp3) is 0.625. The quantitative estimate of drug-likeness (QED) is 0.867. The zero-order valence-corrected chi connectivity index (χ0v) is 12.8. The maximum atomic E-state index is 6.08. The lowest BCUT2D eigenvalue weighted by molar-refractivity contribution is 0.291. The molecule has 2 atom stereocenters. The van der Waals surface area contributed by atoms with Gasteiger partial charge in [-0.15, -0.1) is 0 Å². The van der Waals surface area contributed by atoms with Crippen molar-refractivity contribution in [3.8, 4) is 11.5 Å². The van der Waals surface area contributed by atoms with Gasteiger partial charge < -0.3 is 15.2 Å². The van der Waals surface area contributed by atoms with Crippen LogP contribution in [-0.2, 0) is 6.54 Å². The van der Waals surface area contributed by atoms with Gasteiger partial charge in [0.1, 0.15) is 0 Å². The molecule has 1 aromatic carbocycles. The molecule has 0 radical (unpaired) electrons. The zero-order valence-electron chi connectivity index (χ0n) is 12.8. The Bertz CT molecular complexity index is 426. The summed E-state index contributed by atoms with van der Waals surface area (Å²) in [6.45, 7) is 7.99. The number of ether oxygens (including phenoxy) is 2. The molecule has 2 rings (SSSR count). The monoisotopic (exact) mass is 278 g/mol. The van der Waals surface area contributed by atoms with Crippen LogP contribution in [0.5, 0.6) is 11.5 Å². The largest absolute Gasteiger partial charge is 0.493 e. The van der Waals surface area contributed by atoms with Gasteiger partial charge in [0.05, 0.1) is 13.7 Å². The molecule has 1 aliphatic heterocycles. The van der Waals surface area contributed by atoms with Crippen LogP contribution in [-0.4, -0.2) is 37.7 Å². The van der Waals surface area contributed by atoms with E-state index in [1.807, 2.05) is 6.07 Å². The van der Waals surface area contributed by atoms with Crippen LogP contribution in [0, 0.1) is 5.92 Å². The molecule has 2 unspecified atom stereocenters. The summed E-state index contributed by atoms with van der Waals surface area (Å²) in [5.74, 6) is 2.21. The Morgan fingerprint density at radius 3 is 2.70 bits per heavy atom. The average Bonchev–Trinajstić information content (AvgIpc) is 2.75. The first-order chi connectivity index (χ1) is 9.63. The topological polar surface area (TPSA) is 47.7 Å². The fourth-order valence-electron chi connectivity index (χ4n) is 2.63. The van der Waals surface area contributed by atoms with Crippen molar-refractivity contribution in [1.82, 2.24) is 4.90 Å². The third-order valence-electron chi connectivity index (χ3n) is 3.84. The van der Waals surface area contributed by atoms with Gasteiger partial charge >= 0.3 is 0 Å². The number of nitrogens with zero attached hydrogens (tertiary/aromatic N) is 1. The van der Waals surface area contributed by atoms with Crippen molar-refractivity contribution in [2.45, 2.75) is 32.9 Å². The molecule has 1 heterocycles. The number of methoxy groups -OCH3 is 1. The van der Waals surface area contributed by atoms with Gasteiger partial charge in [0.2, 0.25) is 0 Å². The van der Waals surface area contributed by atoms with Crippen LogP contribution in [0.2, 0.25) is 0 Å². The summed E-state index contributed by atoms with van der Waals surface area (Å²) in [7, 11) is 1.68. The molecule has 20 heavy (non-hydrogen) atoms. The van der Waals surface area contributed by atoms with Gasteiger partial charge in [-0.3, -0.25) is 4.90 Å². The van der Waals surface area contributed by atoms with Crippen LogP contribution in [0.15, 0.2) is 18.2 Å². The number of benzene rings is 1. The molecular formula is C16H26N2O2. The number of nitrogens with two attached hydrogens (primary N) is 1. The Kier molecular flexibility index (Phi) is 5.26. The van der Waals surface area contributed by atoms with Crippen molar-refractivity contribution in [1.29, 1.82) is 0 Å². The van der Waals surface area contributed by atoms with E-state index in [-0.39, 0.29) is 0 Å². The molecule has 0 aliphatic carbocycles. The SMILES string of the molecule is CCCOc1cc(CN2CC(C)C(N)C2)ccc1OC. The van der Waals surface area contributed by atoms with E-state index in [1.54, 1.807) is 7.11 Å². The Balaban J connectivity index is 2.04. The lowest BCUT2D eigenvalue weighted by Crippen LogP contribution is -2.28. The van der Waals surface area contributed by atoms with Crippen molar-refractivity contribution in [2.24, 2.45) is 11.7 Å². The summed E-state index contributed by atoms with van der Waals surface area (Å²) in [5.41, 5.74) is 7.33. The zero-order chi connectivity index (χ0) is 14.5. The second-order valence-corrected chi connectivity index (χ2v) is 5.67. The first-order valence-corrected chi connectivity index (χ1v) is 7.41. The van der Waals surface area contributed by atoms with E-state index in [0.29, 0.717) is 18.6 Å². The standard InChI is InChI=1S/C16H26N2O2/c1-4-7-20-16-8-13(5-6-15(16)19-3)10-18-9-12(2)14(17)11-18/h5-6,8,12,14H,4,7,9-11,17H2,1-3H3. The van der Waals surface area contributed by atoms with Crippen LogP contribution < -0.4 is 15.2 Å². The third-order valence-corrected chi connectivity index (χ3v) is 3.84. The van der Waals surface area contributed by atoms with Crippen molar-refractivity contribution in [2.75, 3.05) is 26.8 Å². The third kappa shape index (κ3) is 3.64. The van der Waals surface area contributed by atoms with E-state index in [1.165, 1.54) is 5.56 Å². The summed E-state index contributed by atoms with van der Waals surface area (Å²) in [6.07, 6.45) is 0.992.